The molecule has 0 saturated carbocycles. The Bertz CT molecular complexity index is 1400. The van der Waals surface area contributed by atoms with Gasteiger partial charge >= 0.3 is 0 Å². The minimum absolute atomic E-state index is 0.0580. The second-order valence-electron chi connectivity index (χ2n) is 7.03. The van der Waals surface area contributed by atoms with Gasteiger partial charge in [0.1, 0.15) is 0 Å². The molecule has 0 radical (unpaired) electrons. The zero-order valence-electron chi connectivity index (χ0n) is 16.1. The SMILES string of the molecule is Cc1ccc(S(=O)(=O)Nc2cc(C(=O)Cl)c(N)c3c2C(=O)c2ccccc2C3=O)cc1. The first kappa shape index (κ1) is 20.8. The van der Waals surface area contributed by atoms with Gasteiger partial charge in [-0.3, -0.25) is 19.1 Å². The van der Waals surface area contributed by atoms with Gasteiger partial charge in [0.2, 0.25) is 0 Å². The van der Waals surface area contributed by atoms with Gasteiger partial charge in [-0.25, -0.2) is 8.42 Å². The number of benzene rings is 3. The smallest absolute Gasteiger partial charge is 0.261 e. The third-order valence-corrected chi connectivity index (χ3v) is 6.61. The van der Waals surface area contributed by atoms with Crippen LogP contribution in [0.25, 0.3) is 0 Å². The summed E-state index contributed by atoms with van der Waals surface area (Å²) in [6.45, 7) is 1.81. The van der Waals surface area contributed by atoms with Gasteiger partial charge in [-0.2, -0.15) is 0 Å². The fourth-order valence-corrected chi connectivity index (χ4v) is 4.70. The number of ketones is 2. The summed E-state index contributed by atoms with van der Waals surface area (Å²) in [5.74, 6) is -1.19. The van der Waals surface area contributed by atoms with E-state index in [1.165, 1.54) is 24.3 Å². The van der Waals surface area contributed by atoms with Crippen LogP contribution in [0.1, 0.15) is 47.8 Å². The van der Waals surface area contributed by atoms with Crippen molar-refractivity contribution in [3.8, 4) is 0 Å². The predicted octanol–water partition coefficient (Wildman–Crippen LogP) is 3.53. The van der Waals surface area contributed by atoms with Gasteiger partial charge in [-0.1, -0.05) is 42.0 Å². The van der Waals surface area contributed by atoms with Crippen LogP contribution in [0.5, 0.6) is 0 Å². The molecule has 1 aliphatic rings. The number of carbonyl (C=O) groups excluding carboxylic acids is 3. The number of halogens is 1. The maximum atomic E-state index is 13.2. The number of rotatable bonds is 4. The highest BCUT2D eigenvalue weighted by Crippen LogP contribution is 2.38. The van der Waals surface area contributed by atoms with Crippen LogP contribution in [0, 0.1) is 6.92 Å². The maximum Gasteiger partial charge on any atom is 0.261 e. The van der Waals surface area contributed by atoms with E-state index in [-0.39, 0.29) is 44.1 Å². The minimum Gasteiger partial charge on any atom is -0.397 e. The predicted molar refractivity (Wildman–Crippen MR) is 116 cm³/mol. The topological polar surface area (TPSA) is 123 Å². The second-order valence-corrected chi connectivity index (χ2v) is 9.06. The lowest BCUT2D eigenvalue weighted by Gasteiger charge is -2.23. The van der Waals surface area contributed by atoms with Crippen LogP contribution in [-0.4, -0.2) is 25.2 Å². The standard InChI is InChI=1S/C22H15ClN2O5S/c1-11-6-8-12(9-7-11)31(29,30)25-16-10-15(22(23)28)19(24)18-17(16)20(26)13-4-2-3-5-14(13)21(18)27/h2-10,25H,24H2,1H3. The van der Waals surface area contributed by atoms with Crippen molar-refractivity contribution < 1.29 is 22.8 Å². The van der Waals surface area contributed by atoms with Crippen LogP contribution >= 0.6 is 11.6 Å². The van der Waals surface area contributed by atoms with Crippen molar-refractivity contribution in [2.24, 2.45) is 0 Å². The molecule has 0 heterocycles. The molecule has 0 saturated heterocycles. The molecule has 9 heteroatoms. The van der Waals surface area contributed by atoms with Crippen molar-refractivity contribution in [2.75, 3.05) is 10.5 Å². The number of fused-ring (bicyclic) bond motifs is 2. The number of sulfonamides is 1. The summed E-state index contributed by atoms with van der Waals surface area (Å²) in [6.07, 6.45) is 0. The summed E-state index contributed by atoms with van der Waals surface area (Å²) in [4.78, 5) is 38.2. The van der Waals surface area contributed by atoms with Crippen LogP contribution in [0.2, 0.25) is 0 Å². The largest absolute Gasteiger partial charge is 0.397 e. The van der Waals surface area contributed by atoms with Crippen molar-refractivity contribution >= 4 is 49.8 Å². The minimum atomic E-state index is -4.15. The first-order valence-electron chi connectivity index (χ1n) is 9.06. The average molecular weight is 455 g/mol. The van der Waals surface area contributed by atoms with Crippen molar-refractivity contribution in [3.05, 3.63) is 88.0 Å². The van der Waals surface area contributed by atoms with Gasteiger partial charge in [-0.05, 0) is 36.7 Å². The monoisotopic (exact) mass is 454 g/mol. The lowest BCUT2D eigenvalue weighted by atomic mass is 9.81. The van der Waals surface area contributed by atoms with E-state index in [2.05, 4.69) is 4.72 Å². The van der Waals surface area contributed by atoms with Gasteiger partial charge in [0.15, 0.2) is 11.6 Å². The average Bonchev–Trinajstić information content (AvgIpc) is 2.73. The number of nitrogens with two attached hydrogens (primary N) is 1. The molecule has 0 fully saturated rings. The first-order valence-corrected chi connectivity index (χ1v) is 10.9. The molecule has 0 spiro atoms. The van der Waals surface area contributed by atoms with E-state index in [0.717, 1.165) is 11.6 Å². The van der Waals surface area contributed by atoms with Gasteiger partial charge in [-0.15, -0.1) is 0 Å². The van der Waals surface area contributed by atoms with Crippen LogP contribution in [-0.2, 0) is 10.0 Å². The van der Waals surface area contributed by atoms with Gasteiger partial charge < -0.3 is 5.73 Å². The molecule has 0 aliphatic heterocycles. The number of hydrogen-bond acceptors (Lipinski definition) is 6. The van der Waals surface area contributed by atoms with Crippen molar-refractivity contribution in [1.82, 2.24) is 0 Å². The fraction of sp³-hybridized carbons (Fsp3) is 0.0455. The summed E-state index contributed by atoms with van der Waals surface area (Å²) in [7, 11) is -4.15. The lowest BCUT2D eigenvalue weighted by Crippen LogP contribution is -2.26. The Hall–Kier alpha value is -3.49. The van der Waals surface area contributed by atoms with E-state index in [4.69, 9.17) is 17.3 Å². The van der Waals surface area contributed by atoms with E-state index >= 15 is 0 Å². The molecule has 156 valence electrons. The maximum absolute atomic E-state index is 13.2. The van der Waals surface area contributed by atoms with Gasteiger partial charge in [0.25, 0.3) is 15.3 Å². The molecular weight excluding hydrogens is 440 g/mol. The number of nitrogens with one attached hydrogen (secondary N) is 1. The van der Waals surface area contributed by atoms with E-state index in [1.54, 1.807) is 31.2 Å². The normalized spacial score (nSPS) is 12.8. The quantitative estimate of drug-likeness (QED) is 0.359. The summed E-state index contributed by atoms with van der Waals surface area (Å²) in [5.41, 5.74) is 5.82. The molecule has 0 bridgehead atoms. The van der Waals surface area contributed by atoms with Gasteiger partial charge in [0, 0.05) is 11.1 Å². The van der Waals surface area contributed by atoms with Crippen LogP contribution in [0.4, 0.5) is 11.4 Å². The number of nitrogen functional groups attached to an aromatic ring is 1. The highest BCUT2D eigenvalue weighted by molar-refractivity contribution is 7.92. The molecule has 0 amide bonds. The Balaban J connectivity index is 1.96. The van der Waals surface area contributed by atoms with Crippen LogP contribution in [0.3, 0.4) is 0 Å². The van der Waals surface area contributed by atoms with Crippen LogP contribution < -0.4 is 10.5 Å². The van der Waals surface area contributed by atoms with Crippen molar-refractivity contribution in [3.63, 3.8) is 0 Å². The molecule has 3 N–H and O–H groups in total. The fourth-order valence-electron chi connectivity index (χ4n) is 3.48. The molecule has 4 rings (SSSR count). The number of hydrogen-bond donors (Lipinski definition) is 2. The Kier molecular flexibility index (Phi) is 4.91. The Morgan fingerprint density at radius 1 is 0.935 bits per heavy atom. The second kappa shape index (κ2) is 7.33. The summed E-state index contributed by atoms with van der Waals surface area (Å²) in [6, 6.07) is 13.2. The lowest BCUT2D eigenvalue weighted by molar-refractivity contribution is 0.0980. The van der Waals surface area contributed by atoms with E-state index < -0.39 is 26.8 Å². The summed E-state index contributed by atoms with van der Waals surface area (Å²) >= 11 is 5.62. The van der Waals surface area contributed by atoms with E-state index in [0.29, 0.717) is 0 Å². The zero-order chi connectivity index (χ0) is 22.5. The van der Waals surface area contributed by atoms with Crippen LogP contribution in [0.15, 0.2) is 59.5 Å². The third kappa shape index (κ3) is 3.39. The Labute approximate surface area is 182 Å². The molecule has 3 aromatic rings. The molecule has 0 aromatic heterocycles. The molecule has 1 aliphatic carbocycles. The third-order valence-electron chi connectivity index (χ3n) is 5.03. The highest BCUT2D eigenvalue weighted by atomic mass is 35.5. The number of anilines is 2. The number of carbonyl (C=O) groups is 3. The molecule has 31 heavy (non-hydrogen) atoms. The van der Waals surface area contributed by atoms with E-state index in [9.17, 15) is 22.8 Å². The van der Waals surface area contributed by atoms with Gasteiger partial charge in [0.05, 0.1) is 33.0 Å². The number of aryl methyl sites for hydroxylation is 1. The zero-order valence-corrected chi connectivity index (χ0v) is 17.7. The summed E-state index contributed by atoms with van der Waals surface area (Å²) < 4.78 is 28.2. The Morgan fingerprint density at radius 3 is 2.03 bits per heavy atom. The first-order chi connectivity index (χ1) is 14.6. The molecule has 7 nitrogen and oxygen atoms in total. The van der Waals surface area contributed by atoms with E-state index in [1.807, 2.05) is 0 Å². The highest BCUT2D eigenvalue weighted by Gasteiger charge is 2.36. The summed E-state index contributed by atoms with van der Waals surface area (Å²) in [5, 5.41) is -0.991. The Morgan fingerprint density at radius 2 is 1.48 bits per heavy atom. The van der Waals surface area contributed by atoms with Crippen molar-refractivity contribution in [1.29, 1.82) is 0 Å². The molecular formula is C22H15ClN2O5S. The molecule has 0 atom stereocenters. The molecule has 0 unspecified atom stereocenters. The van der Waals surface area contributed by atoms with Crippen molar-refractivity contribution in [2.45, 2.75) is 11.8 Å². The molecule has 3 aromatic carbocycles.